The van der Waals surface area contributed by atoms with Gasteiger partial charge in [0.1, 0.15) is 6.04 Å². The molecule has 8 bridgehead atoms. The summed E-state index contributed by atoms with van der Waals surface area (Å²) in [6.45, 7) is 13.6. The van der Waals surface area contributed by atoms with Gasteiger partial charge in [-0.05, 0) is 74.1 Å². The molecule has 2 aliphatic rings. The maximum atomic E-state index is 13.0. The van der Waals surface area contributed by atoms with Crippen LogP contribution in [0.25, 0.3) is 29.9 Å². The average Bonchev–Trinajstić information content (AvgIpc) is 3.74. The minimum Gasteiger partial charge on any atom is -0.481 e. The fourth-order valence-corrected chi connectivity index (χ4v) is 7.36. The van der Waals surface area contributed by atoms with E-state index in [0.717, 1.165) is 44.3 Å². The molecule has 52 heavy (non-hydrogen) atoms. The van der Waals surface area contributed by atoms with E-state index in [0.29, 0.717) is 29.1 Å². The molecule has 0 aromatic carbocycles. The highest BCUT2D eigenvalue weighted by Gasteiger charge is 2.37. The number of carboxylic acids is 4. The van der Waals surface area contributed by atoms with Gasteiger partial charge in [-0.15, -0.1) is 0 Å². The highest BCUT2D eigenvalue weighted by molar-refractivity contribution is 5.99. The van der Waals surface area contributed by atoms with Gasteiger partial charge in [0.05, 0.1) is 24.1 Å². The first-order chi connectivity index (χ1) is 24.6. The van der Waals surface area contributed by atoms with Crippen molar-refractivity contribution in [1.29, 1.82) is 0 Å². The van der Waals surface area contributed by atoms with Crippen molar-refractivity contribution in [3.63, 3.8) is 0 Å². The zero-order chi connectivity index (χ0) is 38.2. The Morgan fingerprint density at radius 3 is 2.15 bits per heavy atom. The number of carboxylic acid groups (broad SMARTS) is 4. The summed E-state index contributed by atoms with van der Waals surface area (Å²) in [5.41, 5.74) is 7.61. The van der Waals surface area contributed by atoms with Crippen LogP contribution in [0.5, 0.6) is 0 Å². The quantitative estimate of drug-likeness (QED) is 0.133. The largest absolute Gasteiger partial charge is 0.481 e. The van der Waals surface area contributed by atoms with Crippen molar-refractivity contribution in [3.05, 3.63) is 84.8 Å². The van der Waals surface area contributed by atoms with Gasteiger partial charge in [-0.25, -0.2) is 9.59 Å². The Morgan fingerprint density at radius 2 is 1.56 bits per heavy atom. The molecule has 1 amide bonds. The van der Waals surface area contributed by atoms with Crippen molar-refractivity contribution in [2.45, 2.75) is 72.8 Å². The fourth-order valence-electron chi connectivity index (χ4n) is 7.36. The van der Waals surface area contributed by atoms with Crippen LogP contribution in [-0.4, -0.2) is 71.2 Å². The summed E-state index contributed by atoms with van der Waals surface area (Å²) in [5, 5.41) is 46.5. The molecular weight excluding hydrogens is 670 g/mol. The molecule has 9 N–H and O–H groups in total. The molecule has 274 valence electrons. The maximum Gasteiger partial charge on any atom is 0.338 e. The Bertz CT molecular complexity index is 2210. The van der Waals surface area contributed by atoms with E-state index in [9.17, 15) is 39.3 Å². The molecule has 2 unspecified atom stereocenters. The Labute approximate surface area is 298 Å². The van der Waals surface area contributed by atoms with E-state index in [1.54, 1.807) is 13.0 Å². The van der Waals surface area contributed by atoms with Gasteiger partial charge in [0.15, 0.2) is 0 Å². The molecule has 1 saturated heterocycles. The Morgan fingerprint density at radius 1 is 0.885 bits per heavy atom. The van der Waals surface area contributed by atoms with Crippen molar-refractivity contribution >= 4 is 59.7 Å². The van der Waals surface area contributed by atoms with E-state index in [1.165, 1.54) is 0 Å². The van der Waals surface area contributed by atoms with Crippen LogP contribution in [0, 0.1) is 32.6 Å². The zero-order valence-electron chi connectivity index (χ0n) is 29.6. The lowest BCUT2D eigenvalue weighted by atomic mass is 9.85. The Kier molecular flexibility index (Phi) is 10.5. The number of aromatic amines is 3. The van der Waals surface area contributed by atoms with Crippen molar-refractivity contribution in [3.8, 4) is 0 Å². The van der Waals surface area contributed by atoms with Crippen LogP contribution in [0.15, 0.2) is 18.0 Å². The number of carbonyl (C=O) groups is 5. The summed E-state index contributed by atoms with van der Waals surface area (Å²) in [4.78, 5) is 71.4. The van der Waals surface area contributed by atoms with Gasteiger partial charge >= 0.3 is 23.9 Å². The summed E-state index contributed by atoms with van der Waals surface area (Å²) in [6.07, 6.45) is 6.72. The van der Waals surface area contributed by atoms with Crippen LogP contribution >= 0.6 is 0 Å². The molecule has 1 fully saturated rings. The molecule has 0 saturated carbocycles. The Hall–Kier alpha value is -6.05. The van der Waals surface area contributed by atoms with Crippen molar-refractivity contribution in [2.75, 3.05) is 0 Å². The fraction of sp³-hybridized carbons (Fsp3) is 0.342. The predicted molar refractivity (Wildman–Crippen MR) is 193 cm³/mol. The van der Waals surface area contributed by atoms with Gasteiger partial charge < -0.3 is 46.0 Å². The van der Waals surface area contributed by atoms with Crippen LogP contribution in [0.1, 0.15) is 100 Å². The van der Waals surface area contributed by atoms with Crippen LogP contribution in [0.3, 0.4) is 0 Å². The number of aromatic nitrogens is 3. The summed E-state index contributed by atoms with van der Waals surface area (Å²) in [7, 11) is 0. The number of fused-ring (bicyclic) bond motifs is 8. The van der Waals surface area contributed by atoms with Gasteiger partial charge in [0, 0.05) is 68.6 Å². The van der Waals surface area contributed by atoms with E-state index in [4.69, 9.17) is 5.11 Å². The maximum absolute atomic E-state index is 13.0. The molecule has 3 atom stereocenters. The third-order valence-corrected chi connectivity index (χ3v) is 10.1. The molecule has 0 aliphatic carbocycles. The molecule has 0 spiro atoms. The standard InChI is InChI=1S/C38H43N5O9/c1-7-20-16(3)24-12-26-18(5)22(9-10-31(44)41-30(37(49)50)15-33(47)48)35(42-26)23(11-32(45)46)36-34(38(51)52)19(6)27(43-36)14-29-21(8-2)17(4)25(40-29)13-28(20)39-24/h7,12-14,18,22,30,39-40,42-43H,1,8-11,15H2,2-6H3,(H,41,44)(H,45,46)(H,47,48)(H,49,50)(H,51,52)/t18?,22-,30?/m1/s1. The first kappa shape index (κ1) is 37.2. The second kappa shape index (κ2) is 14.7. The first-order valence-corrected chi connectivity index (χ1v) is 17.0. The number of H-pyrrole nitrogens is 3. The molecule has 5 heterocycles. The van der Waals surface area contributed by atoms with E-state index in [2.05, 4.69) is 32.2 Å². The third-order valence-electron chi connectivity index (χ3n) is 10.1. The van der Waals surface area contributed by atoms with Gasteiger partial charge in [-0.1, -0.05) is 26.5 Å². The molecule has 3 aromatic rings. The lowest BCUT2D eigenvalue weighted by Gasteiger charge is -2.20. The number of nitrogens with one attached hydrogen (secondary N) is 5. The van der Waals surface area contributed by atoms with Gasteiger partial charge in [0.2, 0.25) is 5.91 Å². The number of allylic oxidation sites excluding steroid dienone is 2. The van der Waals surface area contributed by atoms with Crippen molar-refractivity contribution in [1.82, 2.24) is 25.6 Å². The number of hydrogen-bond acceptors (Lipinski definition) is 6. The number of aliphatic carboxylic acids is 3. The third kappa shape index (κ3) is 7.09. The summed E-state index contributed by atoms with van der Waals surface area (Å²) >= 11 is 0. The summed E-state index contributed by atoms with van der Waals surface area (Å²) < 4.78 is 0. The lowest BCUT2D eigenvalue weighted by Crippen LogP contribution is -2.42. The minimum absolute atomic E-state index is 0.0890. The Balaban J connectivity index is 1.78. The molecule has 14 nitrogen and oxygen atoms in total. The number of amides is 1. The van der Waals surface area contributed by atoms with Crippen LogP contribution in [-0.2, 0) is 25.6 Å². The van der Waals surface area contributed by atoms with Crippen molar-refractivity contribution in [2.24, 2.45) is 11.8 Å². The topological polar surface area (TPSA) is 238 Å². The van der Waals surface area contributed by atoms with Crippen LogP contribution < -0.4 is 21.3 Å². The zero-order valence-corrected chi connectivity index (χ0v) is 29.6. The monoisotopic (exact) mass is 713 g/mol. The van der Waals surface area contributed by atoms with E-state index in [1.807, 2.05) is 45.9 Å². The second-order valence-electron chi connectivity index (χ2n) is 13.3. The minimum atomic E-state index is -1.64. The van der Waals surface area contributed by atoms with Crippen LogP contribution in [0.4, 0.5) is 0 Å². The molecule has 3 aromatic heterocycles. The lowest BCUT2D eigenvalue weighted by molar-refractivity contribution is -0.147. The molecular formula is C38H43N5O9. The highest BCUT2D eigenvalue weighted by atomic mass is 16.4. The number of aromatic carboxylic acids is 1. The van der Waals surface area contributed by atoms with E-state index in [-0.39, 0.29) is 35.6 Å². The first-order valence-electron chi connectivity index (χ1n) is 17.0. The predicted octanol–water partition coefficient (Wildman–Crippen LogP) is 3.38. The normalized spacial score (nSPS) is 17.0. The highest BCUT2D eigenvalue weighted by Crippen LogP contribution is 2.43. The SMILES string of the molecule is C=Cc1c2[nH]c(c1C)C=C1NC(=C(CC(=O)O)c3[nH]c(c(C)c3C(=O)O)C=c3[nH]c(c(C)c3CC)=C2)[C@H](CCC(=O)NC(CC(=O)O)C(=O)O)C1C. The second-order valence-corrected chi connectivity index (χ2v) is 13.3. The molecule has 2 aliphatic heterocycles. The van der Waals surface area contributed by atoms with E-state index >= 15 is 0 Å². The molecule has 0 radical (unpaired) electrons. The summed E-state index contributed by atoms with van der Waals surface area (Å²) in [6, 6.07) is -1.64. The van der Waals surface area contributed by atoms with Crippen LogP contribution in [0.2, 0.25) is 0 Å². The van der Waals surface area contributed by atoms with Gasteiger partial charge in [-0.2, -0.15) is 0 Å². The molecule has 14 heteroatoms. The average molecular weight is 714 g/mol. The van der Waals surface area contributed by atoms with E-state index < -0.39 is 54.6 Å². The smallest absolute Gasteiger partial charge is 0.338 e. The number of carbonyl (C=O) groups excluding carboxylic acids is 1. The molecule has 5 rings (SSSR count). The van der Waals surface area contributed by atoms with Crippen molar-refractivity contribution < 1.29 is 44.4 Å². The number of rotatable bonds is 12. The summed E-state index contributed by atoms with van der Waals surface area (Å²) in [5.74, 6) is -6.94. The van der Waals surface area contributed by atoms with Gasteiger partial charge in [-0.3, -0.25) is 14.4 Å². The number of hydrogen-bond donors (Lipinski definition) is 9. The van der Waals surface area contributed by atoms with Gasteiger partial charge in [0.25, 0.3) is 0 Å².